The first-order valence-electron chi connectivity index (χ1n) is 6.34. The highest BCUT2D eigenvalue weighted by atomic mass is 32.2. The third kappa shape index (κ3) is 4.39. The van der Waals surface area contributed by atoms with Crippen LogP contribution in [0.15, 0.2) is 0 Å². The Hall–Kier alpha value is -0.420. The van der Waals surface area contributed by atoms with E-state index in [1.165, 1.54) is 0 Å². The Bertz CT molecular complexity index is 261. The molecule has 0 amide bonds. The van der Waals surface area contributed by atoms with Crippen molar-refractivity contribution in [1.29, 1.82) is 0 Å². The zero-order valence-corrected chi connectivity index (χ0v) is 11.5. The Morgan fingerprint density at radius 3 is 2.59 bits per heavy atom. The van der Waals surface area contributed by atoms with Crippen LogP contribution < -0.4 is 0 Å². The molecule has 0 radical (unpaired) electrons. The van der Waals surface area contributed by atoms with Crippen molar-refractivity contribution < 1.29 is 18.5 Å². The molecule has 2 atom stereocenters. The average molecular weight is 262 g/mol. The third-order valence-electron chi connectivity index (χ3n) is 2.88. The standard InChI is InChI=1S/C12H22O4S/c1-3-5-11(12(13)16-4-2)17(14)10-6-8-15-9-7-10/h10-11H,3-9H2,1-2H3. The van der Waals surface area contributed by atoms with E-state index in [0.29, 0.717) is 26.2 Å². The Morgan fingerprint density at radius 2 is 2.06 bits per heavy atom. The lowest BCUT2D eigenvalue weighted by molar-refractivity contribution is -0.142. The summed E-state index contributed by atoms with van der Waals surface area (Å²) in [6.07, 6.45) is 3.06. The van der Waals surface area contributed by atoms with Crippen LogP contribution in [0.25, 0.3) is 0 Å². The number of carbonyl (C=O) groups is 1. The molecule has 0 saturated carbocycles. The number of hydrogen-bond donors (Lipinski definition) is 0. The lowest BCUT2D eigenvalue weighted by Gasteiger charge is -2.25. The zero-order chi connectivity index (χ0) is 12.7. The molecule has 2 unspecified atom stereocenters. The van der Waals surface area contributed by atoms with Crippen LogP contribution in [0.2, 0.25) is 0 Å². The molecule has 100 valence electrons. The van der Waals surface area contributed by atoms with Crippen LogP contribution in [0.3, 0.4) is 0 Å². The molecule has 4 nitrogen and oxygen atoms in total. The van der Waals surface area contributed by atoms with Crippen LogP contribution in [0.5, 0.6) is 0 Å². The molecule has 17 heavy (non-hydrogen) atoms. The van der Waals surface area contributed by atoms with Gasteiger partial charge in [0.15, 0.2) is 0 Å². The molecule has 0 aromatic heterocycles. The maximum absolute atomic E-state index is 12.4. The minimum atomic E-state index is -1.13. The van der Waals surface area contributed by atoms with Gasteiger partial charge in [-0.3, -0.25) is 9.00 Å². The van der Waals surface area contributed by atoms with E-state index in [0.717, 1.165) is 19.3 Å². The summed E-state index contributed by atoms with van der Waals surface area (Å²) >= 11 is 0. The fourth-order valence-corrected chi connectivity index (χ4v) is 3.81. The molecule has 0 spiro atoms. The van der Waals surface area contributed by atoms with Gasteiger partial charge in [0.2, 0.25) is 0 Å². The Morgan fingerprint density at radius 1 is 1.41 bits per heavy atom. The Kier molecular flexibility index (Phi) is 6.73. The van der Waals surface area contributed by atoms with Gasteiger partial charge in [-0.05, 0) is 26.2 Å². The van der Waals surface area contributed by atoms with E-state index in [2.05, 4.69) is 0 Å². The first-order valence-corrected chi connectivity index (χ1v) is 7.62. The molecular weight excluding hydrogens is 240 g/mol. The predicted molar refractivity (Wildman–Crippen MR) is 67.3 cm³/mol. The van der Waals surface area contributed by atoms with Gasteiger partial charge in [0.1, 0.15) is 5.25 Å². The lowest BCUT2D eigenvalue weighted by Crippen LogP contribution is -2.36. The zero-order valence-electron chi connectivity index (χ0n) is 10.6. The highest BCUT2D eigenvalue weighted by Crippen LogP contribution is 2.20. The maximum Gasteiger partial charge on any atom is 0.321 e. The van der Waals surface area contributed by atoms with Gasteiger partial charge in [0.05, 0.1) is 6.61 Å². The molecule has 1 heterocycles. The van der Waals surface area contributed by atoms with Crippen molar-refractivity contribution in [2.24, 2.45) is 0 Å². The van der Waals surface area contributed by atoms with Gasteiger partial charge in [-0.2, -0.15) is 0 Å². The van der Waals surface area contributed by atoms with Crippen molar-refractivity contribution in [3.05, 3.63) is 0 Å². The van der Waals surface area contributed by atoms with Crippen molar-refractivity contribution in [3.63, 3.8) is 0 Å². The van der Waals surface area contributed by atoms with Crippen LogP contribution >= 0.6 is 0 Å². The van der Waals surface area contributed by atoms with Crippen molar-refractivity contribution in [2.75, 3.05) is 19.8 Å². The van der Waals surface area contributed by atoms with E-state index in [1.807, 2.05) is 6.92 Å². The molecule has 1 rings (SSSR count). The van der Waals surface area contributed by atoms with Crippen LogP contribution in [0.4, 0.5) is 0 Å². The second-order valence-electron chi connectivity index (χ2n) is 4.17. The number of rotatable bonds is 6. The molecule has 1 saturated heterocycles. The van der Waals surface area contributed by atoms with Crippen molar-refractivity contribution in [2.45, 2.75) is 50.0 Å². The molecule has 0 aromatic rings. The highest BCUT2D eigenvalue weighted by molar-refractivity contribution is 7.87. The van der Waals surface area contributed by atoms with Crippen molar-refractivity contribution in [1.82, 2.24) is 0 Å². The van der Waals surface area contributed by atoms with Gasteiger partial charge in [0, 0.05) is 29.3 Å². The highest BCUT2D eigenvalue weighted by Gasteiger charge is 2.32. The predicted octanol–water partition coefficient (Wildman–Crippen LogP) is 1.65. The minimum absolute atomic E-state index is 0.0877. The number of hydrogen-bond acceptors (Lipinski definition) is 4. The lowest BCUT2D eigenvalue weighted by atomic mass is 10.2. The quantitative estimate of drug-likeness (QED) is 0.683. The van der Waals surface area contributed by atoms with Crippen LogP contribution in [-0.4, -0.2) is 40.5 Å². The maximum atomic E-state index is 12.4. The molecule has 0 N–H and O–H groups in total. The van der Waals surface area contributed by atoms with E-state index < -0.39 is 16.0 Å². The second-order valence-corrected chi connectivity index (χ2v) is 6.06. The summed E-state index contributed by atoms with van der Waals surface area (Å²) in [5.74, 6) is -0.306. The largest absolute Gasteiger partial charge is 0.465 e. The fourth-order valence-electron chi connectivity index (χ4n) is 1.97. The topological polar surface area (TPSA) is 52.6 Å². The summed E-state index contributed by atoms with van der Waals surface area (Å²) in [4.78, 5) is 11.8. The summed E-state index contributed by atoms with van der Waals surface area (Å²) in [6.45, 7) is 5.42. The number of ether oxygens (including phenoxy) is 2. The number of carbonyl (C=O) groups excluding carboxylic acids is 1. The first-order chi connectivity index (χ1) is 8.20. The van der Waals surface area contributed by atoms with Gasteiger partial charge < -0.3 is 9.47 Å². The first kappa shape index (κ1) is 14.6. The SMILES string of the molecule is CCCC(C(=O)OCC)S(=O)C1CCOCC1. The van der Waals surface area contributed by atoms with Gasteiger partial charge in [-0.15, -0.1) is 0 Å². The minimum Gasteiger partial charge on any atom is -0.465 e. The number of esters is 1. The van der Waals surface area contributed by atoms with E-state index in [4.69, 9.17) is 9.47 Å². The summed E-state index contributed by atoms with van der Waals surface area (Å²) < 4.78 is 22.6. The van der Waals surface area contributed by atoms with E-state index in [9.17, 15) is 9.00 Å². The Balaban J connectivity index is 2.61. The molecule has 1 aliphatic rings. The van der Waals surface area contributed by atoms with E-state index in [1.54, 1.807) is 6.92 Å². The summed E-state index contributed by atoms with van der Waals surface area (Å²) in [5.41, 5.74) is 0. The Labute approximate surface area is 106 Å². The van der Waals surface area contributed by atoms with Crippen LogP contribution in [-0.2, 0) is 25.1 Å². The fraction of sp³-hybridized carbons (Fsp3) is 0.917. The van der Waals surface area contributed by atoms with Gasteiger partial charge >= 0.3 is 5.97 Å². The van der Waals surface area contributed by atoms with E-state index >= 15 is 0 Å². The molecular formula is C12H22O4S. The third-order valence-corrected chi connectivity index (χ3v) is 5.00. The second kappa shape index (κ2) is 7.82. The van der Waals surface area contributed by atoms with E-state index in [-0.39, 0.29) is 11.2 Å². The molecule has 5 heteroatoms. The monoisotopic (exact) mass is 262 g/mol. The van der Waals surface area contributed by atoms with Crippen LogP contribution in [0, 0.1) is 0 Å². The van der Waals surface area contributed by atoms with Crippen molar-refractivity contribution in [3.8, 4) is 0 Å². The molecule has 0 bridgehead atoms. The smallest absolute Gasteiger partial charge is 0.321 e. The molecule has 1 fully saturated rings. The van der Waals surface area contributed by atoms with Crippen molar-refractivity contribution >= 4 is 16.8 Å². The van der Waals surface area contributed by atoms with Gasteiger partial charge in [-0.25, -0.2) is 0 Å². The molecule has 1 aliphatic heterocycles. The summed E-state index contributed by atoms with van der Waals surface area (Å²) in [5, 5.41) is -0.368. The summed E-state index contributed by atoms with van der Waals surface area (Å²) in [6, 6.07) is 0. The molecule has 0 aromatic carbocycles. The van der Waals surface area contributed by atoms with Gasteiger partial charge in [-0.1, -0.05) is 13.3 Å². The van der Waals surface area contributed by atoms with Crippen LogP contribution in [0.1, 0.15) is 39.5 Å². The average Bonchev–Trinajstić information content (AvgIpc) is 2.36. The van der Waals surface area contributed by atoms with Gasteiger partial charge in [0.25, 0.3) is 0 Å². The molecule has 0 aliphatic carbocycles. The normalized spacial score (nSPS) is 20.8. The summed E-state index contributed by atoms with van der Waals surface area (Å²) in [7, 11) is -1.13.